The third kappa shape index (κ3) is 3.43. The Bertz CT molecular complexity index is 961. The van der Waals surface area contributed by atoms with Crippen molar-refractivity contribution >= 4 is 17.6 Å². The number of aromatic carboxylic acids is 1. The van der Waals surface area contributed by atoms with E-state index >= 15 is 0 Å². The van der Waals surface area contributed by atoms with E-state index in [-0.39, 0.29) is 17.6 Å². The van der Waals surface area contributed by atoms with Gasteiger partial charge in [0.15, 0.2) is 0 Å². The van der Waals surface area contributed by atoms with Gasteiger partial charge in [-0.25, -0.2) is 4.79 Å². The minimum atomic E-state index is -4.40. The Balaban J connectivity index is 1.48. The first-order valence-electron chi connectivity index (χ1n) is 9.22. The van der Waals surface area contributed by atoms with Crippen LogP contribution in [0.25, 0.3) is 0 Å². The first-order valence-corrected chi connectivity index (χ1v) is 9.22. The van der Waals surface area contributed by atoms with E-state index in [9.17, 15) is 27.9 Å². The molecule has 152 valence electrons. The van der Waals surface area contributed by atoms with E-state index in [1.807, 2.05) is 0 Å². The predicted molar refractivity (Wildman–Crippen MR) is 98.0 cm³/mol. The molecular formula is C21H18F3NO4. The monoisotopic (exact) mass is 405 g/mol. The molecule has 4 rings (SSSR count). The van der Waals surface area contributed by atoms with Gasteiger partial charge in [-0.3, -0.25) is 4.79 Å². The van der Waals surface area contributed by atoms with Crippen LogP contribution >= 0.6 is 0 Å². The van der Waals surface area contributed by atoms with Crippen LogP contribution in [0.4, 0.5) is 18.9 Å². The van der Waals surface area contributed by atoms with Gasteiger partial charge in [0.25, 0.3) is 0 Å². The molecule has 1 aliphatic carbocycles. The summed E-state index contributed by atoms with van der Waals surface area (Å²) in [5.74, 6) is -0.854. The van der Waals surface area contributed by atoms with Crippen LogP contribution in [0.5, 0.6) is 5.75 Å². The van der Waals surface area contributed by atoms with Crippen molar-refractivity contribution < 1.29 is 32.6 Å². The van der Waals surface area contributed by atoms with E-state index in [2.05, 4.69) is 5.32 Å². The standard InChI is InChI=1S/C21H18F3NO4/c22-21(23,24)13-2-4-14(5-3-13)29-15-7-9-20(10-8-15)16-11-12(18(26)27)1-6-17(16)25-19(20)28/h1-6,11,15H,7-10H2,(H,25,28)(H,26,27). The smallest absolute Gasteiger partial charge is 0.416 e. The predicted octanol–water partition coefficient (Wildman–Crippen LogP) is 4.62. The molecule has 5 nitrogen and oxygen atoms in total. The summed E-state index contributed by atoms with van der Waals surface area (Å²) in [4.78, 5) is 24.0. The van der Waals surface area contributed by atoms with Gasteiger partial charge < -0.3 is 15.2 Å². The fourth-order valence-corrected chi connectivity index (χ4v) is 4.16. The van der Waals surface area contributed by atoms with Crippen LogP contribution in [0.15, 0.2) is 42.5 Å². The van der Waals surface area contributed by atoms with Gasteiger partial charge in [-0.05, 0) is 73.7 Å². The van der Waals surface area contributed by atoms with Crippen LogP contribution in [0, 0.1) is 0 Å². The molecule has 0 bridgehead atoms. The Labute approximate surface area is 164 Å². The molecule has 2 aromatic carbocycles. The van der Waals surface area contributed by atoms with E-state index in [0.717, 1.165) is 12.1 Å². The molecule has 0 unspecified atom stereocenters. The molecule has 0 aromatic heterocycles. The number of anilines is 1. The Morgan fingerprint density at radius 3 is 2.34 bits per heavy atom. The summed E-state index contributed by atoms with van der Waals surface area (Å²) >= 11 is 0. The number of nitrogens with one attached hydrogen (secondary N) is 1. The average Bonchev–Trinajstić information content (AvgIpc) is 2.94. The highest BCUT2D eigenvalue weighted by molar-refractivity contribution is 6.07. The van der Waals surface area contributed by atoms with Gasteiger partial charge >= 0.3 is 12.1 Å². The highest BCUT2D eigenvalue weighted by Crippen LogP contribution is 2.48. The number of carbonyl (C=O) groups is 2. The maximum atomic E-state index is 12.7. The lowest BCUT2D eigenvalue weighted by Gasteiger charge is -2.35. The molecule has 1 amide bonds. The van der Waals surface area contributed by atoms with Crippen molar-refractivity contribution in [1.82, 2.24) is 0 Å². The van der Waals surface area contributed by atoms with Crippen LogP contribution < -0.4 is 10.1 Å². The van der Waals surface area contributed by atoms with Crippen molar-refractivity contribution in [3.8, 4) is 5.75 Å². The number of carboxylic acid groups (broad SMARTS) is 1. The number of halogens is 3. The van der Waals surface area contributed by atoms with E-state index in [1.54, 1.807) is 12.1 Å². The molecule has 2 aliphatic rings. The highest BCUT2D eigenvalue weighted by Gasteiger charge is 2.49. The molecule has 1 saturated carbocycles. The fraction of sp³-hybridized carbons (Fsp3) is 0.333. The SMILES string of the molecule is O=C(O)c1ccc2c(c1)C1(CCC(Oc3ccc(C(F)(F)F)cc3)CC1)C(=O)N2. The zero-order chi connectivity index (χ0) is 20.8. The highest BCUT2D eigenvalue weighted by atomic mass is 19.4. The molecular weight excluding hydrogens is 387 g/mol. The molecule has 0 atom stereocenters. The van der Waals surface area contributed by atoms with Gasteiger partial charge in [0.05, 0.1) is 22.6 Å². The van der Waals surface area contributed by atoms with E-state index in [1.165, 1.54) is 18.2 Å². The second kappa shape index (κ2) is 6.79. The normalized spacial score (nSPS) is 23.6. The lowest BCUT2D eigenvalue weighted by Crippen LogP contribution is -2.41. The first-order chi connectivity index (χ1) is 13.7. The lowest BCUT2D eigenvalue weighted by atomic mass is 9.69. The number of rotatable bonds is 3. The number of alkyl halides is 3. The summed E-state index contributed by atoms with van der Waals surface area (Å²) in [5.41, 5.74) is -0.0815. The molecule has 0 saturated heterocycles. The molecule has 1 fully saturated rings. The second-order valence-corrected chi connectivity index (χ2v) is 7.44. The number of hydrogen-bond donors (Lipinski definition) is 2. The summed E-state index contributed by atoms with van der Waals surface area (Å²) in [5, 5.41) is 12.1. The minimum absolute atomic E-state index is 0.128. The summed E-state index contributed by atoms with van der Waals surface area (Å²) < 4.78 is 43.8. The van der Waals surface area contributed by atoms with Crippen LogP contribution in [-0.2, 0) is 16.4 Å². The number of fused-ring (bicyclic) bond motifs is 2. The lowest BCUT2D eigenvalue weighted by molar-refractivity contribution is -0.137. The Morgan fingerprint density at radius 2 is 1.76 bits per heavy atom. The van der Waals surface area contributed by atoms with Gasteiger partial charge in [-0.1, -0.05) is 0 Å². The van der Waals surface area contributed by atoms with E-state index < -0.39 is 23.1 Å². The average molecular weight is 405 g/mol. The Kier molecular flexibility index (Phi) is 4.52. The number of amides is 1. The molecule has 8 heteroatoms. The van der Waals surface area contributed by atoms with Crippen molar-refractivity contribution in [2.45, 2.75) is 43.4 Å². The van der Waals surface area contributed by atoms with Crippen LogP contribution in [0.2, 0.25) is 0 Å². The quantitative estimate of drug-likeness (QED) is 0.782. The molecule has 0 radical (unpaired) electrons. The summed E-state index contributed by atoms with van der Waals surface area (Å²) in [6, 6.07) is 9.16. The number of ether oxygens (including phenoxy) is 1. The molecule has 1 spiro atoms. The van der Waals surface area contributed by atoms with Gasteiger partial charge in [0.2, 0.25) is 5.91 Å². The molecule has 2 N–H and O–H groups in total. The van der Waals surface area contributed by atoms with Crippen molar-refractivity contribution in [2.75, 3.05) is 5.32 Å². The topological polar surface area (TPSA) is 75.6 Å². The fourth-order valence-electron chi connectivity index (χ4n) is 4.16. The zero-order valence-corrected chi connectivity index (χ0v) is 15.3. The minimum Gasteiger partial charge on any atom is -0.490 e. The van der Waals surface area contributed by atoms with Crippen LogP contribution in [0.1, 0.15) is 47.2 Å². The third-order valence-corrected chi connectivity index (χ3v) is 5.74. The molecule has 2 aromatic rings. The Hall–Kier alpha value is -3.03. The number of benzene rings is 2. The first kappa shape index (κ1) is 19.3. The zero-order valence-electron chi connectivity index (χ0n) is 15.3. The van der Waals surface area contributed by atoms with Crippen molar-refractivity contribution in [2.24, 2.45) is 0 Å². The van der Waals surface area contributed by atoms with E-state index in [0.29, 0.717) is 42.7 Å². The maximum Gasteiger partial charge on any atom is 0.416 e. The third-order valence-electron chi connectivity index (χ3n) is 5.74. The molecule has 1 aliphatic heterocycles. The number of carboxylic acids is 1. The van der Waals surface area contributed by atoms with Gasteiger partial charge in [-0.15, -0.1) is 0 Å². The second-order valence-electron chi connectivity index (χ2n) is 7.44. The van der Waals surface area contributed by atoms with Gasteiger partial charge in [-0.2, -0.15) is 13.2 Å². The summed E-state index contributed by atoms with van der Waals surface area (Å²) in [7, 11) is 0. The van der Waals surface area contributed by atoms with Crippen molar-refractivity contribution in [3.63, 3.8) is 0 Å². The summed E-state index contributed by atoms with van der Waals surface area (Å²) in [6.45, 7) is 0. The van der Waals surface area contributed by atoms with Crippen molar-refractivity contribution in [3.05, 3.63) is 59.2 Å². The summed E-state index contributed by atoms with van der Waals surface area (Å²) in [6.07, 6.45) is -2.61. The Morgan fingerprint density at radius 1 is 1.10 bits per heavy atom. The van der Waals surface area contributed by atoms with Gasteiger partial charge in [0.1, 0.15) is 5.75 Å². The largest absolute Gasteiger partial charge is 0.490 e. The van der Waals surface area contributed by atoms with Crippen molar-refractivity contribution in [1.29, 1.82) is 0 Å². The number of hydrogen-bond acceptors (Lipinski definition) is 3. The molecule has 1 heterocycles. The number of carbonyl (C=O) groups excluding carboxylic acids is 1. The van der Waals surface area contributed by atoms with E-state index in [4.69, 9.17) is 4.74 Å². The van der Waals surface area contributed by atoms with Crippen LogP contribution in [-0.4, -0.2) is 23.1 Å². The van der Waals surface area contributed by atoms with Crippen LogP contribution in [0.3, 0.4) is 0 Å². The van der Waals surface area contributed by atoms with Gasteiger partial charge in [0, 0.05) is 5.69 Å². The maximum absolute atomic E-state index is 12.7. The molecule has 29 heavy (non-hydrogen) atoms.